The van der Waals surface area contributed by atoms with E-state index in [0.717, 1.165) is 31.0 Å². The Kier molecular flexibility index (Phi) is 4.56. The molecule has 0 aliphatic carbocycles. The lowest BCUT2D eigenvalue weighted by atomic mass is 10.1. The molecule has 0 aromatic heterocycles. The number of amides is 2. The summed E-state index contributed by atoms with van der Waals surface area (Å²) in [4.78, 5) is 27.7. The van der Waals surface area contributed by atoms with Crippen LogP contribution >= 0.6 is 0 Å². The van der Waals surface area contributed by atoms with Crippen molar-refractivity contribution in [1.82, 2.24) is 9.80 Å². The number of carbonyl (C=O) groups excluding carboxylic acids is 2. The number of hydrogen-bond acceptors (Lipinski definition) is 3. The van der Waals surface area contributed by atoms with Crippen LogP contribution in [0.15, 0.2) is 18.2 Å². The van der Waals surface area contributed by atoms with E-state index in [1.54, 1.807) is 4.90 Å². The predicted octanol–water partition coefficient (Wildman–Crippen LogP) is 1.43. The van der Waals surface area contributed by atoms with E-state index in [4.69, 9.17) is 4.74 Å². The Labute approximate surface area is 132 Å². The van der Waals surface area contributed by atoms with Crippen LogP contribution in [0.25, 0.3) is 0 Å². The molecule has 2 heterocycles. The van der Waals surface area contributed by atoms with Crippen LogP contribution in [0.2, 0.25) is 0 Å². The van der Waals surface area contributed by atoms with Gasteiger partial charge in [0.1, 0.15) is 17.7 Å². The summed E-state index contributed by atoms with van der Waals surface area (Å²) in [5, 5.41) is 0. The van der Waals surface area contributed by atoms with Crippen LogP contribution in [0.5, 0.6) is 0 Å². The summed E-state index contributed by atoms with van der Waals surface area (Å²) in [6, 6.07) is 2.78. The molecule has 2 aliphatic rings. The van der Waals surface area contributed by atoms with Crippen molar-refractivity contribution >= 4 is 11.8 Å². The van der Waals surface area contributed by atoms with Gasteiger partial charge < -0.3 is 14.5 Å². The van der Waals surface area contributed by atoms with E-state index < -0.39 is 17.5 Å². The van der Waals surface area contributed by atoms with Gasteiger partial charge in [0.15, 0.2) is 0 Å². The quantitative estimate of drug-likeness (QED) is 0.827. The number of ether oxygens (including phenoxy) is 1. The van der Waals surface area contributed by atoms with Gasteiger partial charge in [0.2, 0.25) is 0 Å². The molecule has 0 spiro atoms. The van der Waals surface area contributed by atoms with Crippen molar-refractivity contribution in [2.24, 2.45) is 0 Å². The molecule has 1 atom stereocenters. The zero-order chi connectivity index (χ0) is 16.4. The molecule has 23 heavy (non-hydrogen) atoms. The van der Waals surface area contributed by atoms with Crippen LogP contribution in [0.4, 0.5) is 8.78 Å². The maximum absolute atomic E-state index is 13.2. The van der Waals surface area contributed by atoms with Crippen LogP contribution in [0, 0.1) is 11.6 Å². The number of rotatable bonds is 2. The molecular formula is C16H18F2N2O3. The first-order chi connectivity index (χ1) is 11.0. The maximum atomic E-state index is 13.2. The Morgan fingerprint density at radius 3 is 2.17 bits per heavy atom. The molecule has 0 N–H and O–H groups in total. The van der Waals surface area contributed by atoms with Crippen molar-refractivity contribution in [3.05, 3.63) is 35.4 Å². The number of benzene rings is 1. The highest BCUT2D eigenvalue weighted by Crippen LogP contribution is 2.17. The summed E-state index contributed by atoms with van der Waals surface area (Å²) in [6.07, 6.45) is 1.26. The molecule has 2 fully saturated rings. The molecule has 0 bridgehead atoms. The summed E-state index contributed by atoms with van der Waals surface area (Å²) in [5.74, 6) is -2.01. The molecule has 5 nitrogen and oxygen atoms in total. The topological polar surface area (TPSA) is 49.9 Å². The minimum atomic E-state index is -0.777. The lowest BCUT2D eigenvalue weighted by Crippen LogP contribution is -2.52. The summed E-state index contributed by atoms with van der Waals surface area (Å²) in [7, 11) is 0. The van der Waals surface area contributed by atoms with Gasteiger partial charge in [-0.2, -0.15) is 0 Å². The SMILES string of the molecule is O=C(c1cc(F)cc(F)c1)N1CCN(C(=O)C2CCCO2)CC1. The first-order valence-corrected chi connectivity index (χ1v) is 7.70. The normalized spacial score (nSPS) is 21.6. The molecule has 1 aromatic rings. The number of carbonyl (C=O) groups is 2. The fourth-order valence-corrected chi connectivity index (χ4v) is 2.97. The van der Waals surface area contributed by atoms with E-state index in [0.29, 0.717) is 32.8 Å². The average molecular weight is 324 g/mol. The first kappa shape index (κ1) is 15.9. The molecule has 7 heteroatoms. The number of halogens is 2. The van der Waals surface area contributed by atoms with Crippen LogP contribution in [0.1, 0.15) is 23.2 Å². The zero-order valence-electron chi connectivity index (χ0n) is 12.6. The maximum Gasteiger partial charge on any atom is 0.254 e. The standard InChI is InChI=1S/C16H18F2N2O3/c17-12-8-11(9-13(18)10-12)15(21)19-3-5-20(6-4-19)16(22)14-2-1-7-23-14/h8-10,14H,1-7H2. The highest BCUT2D eigenvalue weighted by molar-refractivity contribution is 5.94. The fourth-order valence-electron chi connectivity index (χ4n) is 2.97. The molecule has 0 saturated carbocycles. The van der Waals surface area contributed by atoms with Gasteiger partial charge in [0, 0.05) is 44.4 Å². The van der Waals surface area contributed by atoms with Gasteiger partial charge in [0.25, 0.3) is 11.8 Å². The Morgan fingerprint density at radius 2 is 1.61 bits per heavy atom. The molecule has 0 radical (unpaired) electrons. The van der Waals surface area contributed by atoms with E-state index >= 15 is 0 Å². The Morgan fingerprint density at radius 1 is 1.00 bits per heavy atom. The second-order valence-corrected chi connectivity index (χ2v) is 5.78. The van der Waals surface area contributed by atoms with Gasteiger partial charge in [-0.15, -0.1) is 0 Å². The zero-order valence-corrected chi connectivity index (χ0v) is 12.6. The summed E-state index contributed by atoms with van der Waals surface area (Å²) < 4.78 is 31.8. The third kappa shape index (κ3) is 3.50. The number of piperazine rings is 1. The number of hydrogen-bond donors (Lipinski definition) is 0. The molecule has 2 aliphatic heterocycles. The Hall–Kier alpha value is -2.02. The fraction of sp³-hybridized carbons (Fsp3) is 0.500. The third-order valence-electron chi connectivity index (χ3n) is 4.19. The van der Waals surface area contributed by atoms with E-state index in [9.17, 15) is 18.4 Å². The van der Waals surface area contributed by atoms with Crippen LogP contribution in [-0.2, 0) is 9.53 Å². The van der Waals surface area contributed by atoms with Gasteiger partial charge in [-0.25, -0.2) is 8.78 Å². The molecular weight excluding hydrogens is 306 g/mol. The van der Waals surface area contributed by atoms with Crippen molar-refractivity contribution in [2.45, 2.75) is 18.9 Å². The molecule has 1 unspecified atom stereocenters. The Balaban J connectivity index is 1.59. The van der Waals surface area contributed by atoms with Gasteiger partial charge in [-0.3, -0.25) is 9.59 Å². The van der Waals surface area contributed by atoms with Gasteiger partial charge >= 0.3 is 0 Å². The monoisotopic (exact) mass is 324 g/mol. The minimum Gasteiger partial charge on any atom is -0.368 e. The van der Waals surface area contributed by atoms with E-state index in [1.807, 2.05) is 0 Å². The predicted molar refractivity (Wildman–Crippen MR) is 77.8 cm³/mol. The number of nitrogens with zero attached hydrogens (tertiary/aromatic N) is 2. The summed E-state index contributed by atoms with van der Waals surface area (Å²) in [5.41, 5.74) is -0.0126. The second kappa shape index (κ2) is 6.62. The minimum absolute atomic E-state index is 0.0126. The van der Waals surface area contributed by atoms with Gasteiger partial charge in [0.05, 0.1) is 0 Å². The molecule has 2 saturated heterocycles. The van der Waals surface area contributed by atoms with Crippen molar-refractivity contribution < 1.29 is 23.1 Å². The van der Waals surface area contributed by atoms with E-state index in [1.165, 1.54) is 4.90 Å². The smallest absolute Gasteiger partial charge is 0.254 e. The molecule has 2 amide bonds. The summed E-state index contributed by atoms with van der Waals surface area (Å²) in [6.45, 7) is 2.11. The van der Waals surface area contributed by atoms with Crippen molar-refractivity contribution in [3.63, 3.8) is 0 Å². The van der Waals surface area contributed by atoms with E-state index in [-0.39, 0.29) is 17.6 Å². The second-order valence-electron chi connectivity index (χ2n) is 5.78. The van der Waals surface area contributed by atoms with Crippen molar-refractivity contribution in [2.75, 3.05) is 32.8 Å². The lowest BCUT2D eigenvalue weighted by molar-refractivity contribution is -0.142. The van der Waals surface area contributed by atoms with Crippen LogP contribution in [-0.4, -0.2) is 60.5 Å². The van der Waals surface area contributed by atoms with Crippen molar-refractivity contribution in [3.8, 4) is 0 Å². The van der Waals surface area contributed by atoms with Crippen molar-refractivity contribution in [1.29, 1.82) is 0 Å². The summed E-state index contributed by atoms with van der Waals surface area (Å²) >= 11 is 0. The first-order valence-electron chi connectivity index (χ1n) is 7.70. The molecule has 124 valence electrons. The molecule has 3 rings (SSSR count). The third-order valence-corrected chi connectivity index (χ3v) is 4.19. The van der Waals surface area contributed by atoms with Crippen LogP contribution in [0.3, 0.4) is 0 Å². The highest BCUT2D eigenvalue weighted by atomic mass is 19.1. The van der Waals surface area contributed by atoms with Gasteiger partial charge in [-0.05, 0) is 25.0 Å². The van der Waals surface area contributed by atoms with Gasteiger partial charge in [-0.1, -0.05) is 0 Å². The molecule has 1 aromatic carbocycles. The van der Waals surface area contributed by atoms with E-state index in [2.05, 4.69) is 0 Å². The largest absolute Gasteiger partial charge is 0.368 e. The highest BCUT2D eigenvalue weighted by Gasteiger charge is 2.31. The van der Waals surface area contributed by atoms with Crippen LogP contribution < -0.4 is 0 Å². The Bertz CT molecular complexity index is 589. The lowest BCUT2D eigenvalue weighted by Gasteiger charge is -2.35. The average Bonchev–Trinajstić information content (AvgIpc) is 3.07.